The number of fused-ring (bicyclic) bond motifs is 1. The van der Waals surface area contributed by atoms with E-state index in [1.54, 1.807) is 6.92 Å². The molecule has 0 unspecified atom stereocenters. The zero-order valence-electron chi connectivity index (χ0n) is 8.75. The number of benzene rings is 1. The second kappa shape index (κ2) is 3.80. The monoisotopic (exact) mass is 240 g/mol. The summed E-state index contributed by atoms with van der Waals surface area (Å²) < 4.78 is 37.5. The fourth-order valence-electron chi connectivity index (χ4n) is 1.54. The number of aldehydes is 1. The number of rotatable bonds is 1. The van der Waals surface area contributed by atoms with Crippen LogP contribution < -0.4 is 0 Å². The van der Waals surface area contributed by atoms with E-state index in [1.165, 1.54) is 6.07 Å². The van der Waals surface area contributed by atoms with Crippen LogP contribution in [0.25, 0.3) is 10.9 Å². The van der Waals surface area contributed by atoms with Crippen LogP contribution in [0.15, 0.2) is 18.2 Å². The molecule has 17 heavy (non-hydrogen) atoms. The maximum Gasteiger partial charge on any atom is 0.416 e. The average Bonchev–Trinajstić information content (AvgIpc) is 2.25. The zero-order valence-corrected chi connectivity index (χ0v) is 8.75. The number of alkyl halides is 3. The SMILES string of the molecule is Cc1nc(C=O)c2cc(C(F)(F)F)ccc2n1. The fourth-order valence-corrected chi connectivity index (χ4v) is 1.54. The Hall–Kier alpha value is -1.98. The molecular formula is C11H7F3N2O. The van der Waals surface area contributed by atoms with Gasteiger partial charge in [0, 0.05) is 5.39 Å². The summed E-state index contributed by atoms with van der Waals surface area (Å²) in [6.45, 7) is 1.57. The van der Waals surface area contributed by atoms with Crippen molar-refractivity contribution in [3.8, 4) is 0 Å². The lowest BCUT2D eigenvalue weighted by Gasteiger charge is -2.08. The van der Waals surface area contributed by atoms with Gasteiger partial charge in [0.1, 0.15) is 11.5 Å². The summed E-state index contributed by atoms with van der Waals surface area (Å²) in [7, 11) is 0. The average molecular weight is 240 g/mol. The third kappa shape index (κ3) is 2.11. The number of halogens is 3. The Morgan fingerprint density at radius 3 is 2.53 bits per heavy atom. The van der Waals surface area contributed by atoms with Crippen LogP contribution in [0.4, 0.5) is 13.2 Å². The van der Waals surface area contributed by atoms with E-state index in [0.29, 0.717) is 17.6 Å². The second-order valence-corrected chi connectivity index (χ2v) is 3.50. The predicted octanol–water partition coefficient (Wildman–Crippen LogP) is 2.77. The predicted molar refractivity (Wildman–Crippen MR) is 54.7 cm³/mol. The molecular weight excluding hydrogens is 233 g/mol. The molecule has 2 rings (SSSR count). The van der Waals surface area contributed by atoms with Gasteiger partial charge in [0.25, 0.3) is 0 Å². The molecule has 88 valence electrons. The molecule has 1 heterocycles. The molecule has 0 spiro atoms. The van der Waals surface area contributed by atoms with Gasteiger partial charge in [-0.05, 0) is 25.1 Å². The molecule has 0 aliphatic rings. The Morgan fingerprint density at radius 1 is 1.24 bits per heavy atom. The van der Waals surface area contributed by atoms with Crippen LogP contribution in [0.1, 0.15) is 21.9 Å². The molecule has 2 aromatic rings. The summed E-state index contributed by atoms with van der Waals surface area (Å²) in [6, 6.07) is 3.06. The number of carbonyl (C=O) groups excluding carboxylic acids is 1. The third-order valence-electron chi connectivity index (χ3n) is 2.28. The molecule has 1 aromatic heterocycles. The first kappa shape index (κ1) is 11.5. The highest BCUT2D eigenvalue weighted by molar-refractivity contribution is 5.94. The van der Waals surface area contributed by atoms with E-state index in [-0.39, 0.29) is 11.1 Å². The van der Waals surface area contributed by atoms with Crippen molar-refractivity contribution in [2.75, 3.05) is 0 Å². The Kier molecular flexibility index (Phi) is 2.57. The number of aromatic nitrogens is 2. The van der Waals surface area contributed by atoms with E-state index in [9.17, 15) is 18.0 Å². The van der Waals surface area contributed by atoms with Crippen LogP contribution in [0.5, 0.6) is 0 Å². The number of aryl methyl sites for hydroxylation is 1. The van der Waals surface area contributed by atoms with Crippen molar-refractivity contribution < 1.29 is 18.0 Å². The fraction of sp³-hybridized carbons (Fsp3) is 0.182. The molecule has 0 fully saturated rings. The van der Waals surface area contributed by atoms with Crippen molar-refractivity contribution in [2.45, 2.75) is 13.1 Å². The van der Waals surface area contributed by atoms with Crippen LogP contribution >= 0.6 is 0 Å². The van der Waals surface area contributed by atoms with Crippen molar-refractivity contribution in [1.29, 1.82) is 0 Å². The minimum absolute atomic E-state index is 0.0291. The van der Waals surface area contributed by atoms with Crippen molar-refractivity contribution in [1.82, 2.24) is 9.97 Å². The van der Waals surface area contributed by atoms with E-state index in [2.05, 4.69) is 9.97 Å². The van der Waals surface area contributed by atoms with Gasteiger partial charge in [-0.2, -0.15) is 13.2 Å². The van der Waals surface area contributed by atoms with Crippen molar-refractivity contribution in [3.05, 3.63) is 35.3 Å². The van der Waals surface area contributed by atoms with E-state index in [1.807, 2.05) is 0 Å². The van der Waals surface area contributed by atoms with Gasteiger partial charge in [0.05, 0.1) is 11.1 Å². The van der Waals surface area contributed by atoms with Crippen LogP contribution in [0, 0.1) is 6.92 Å². The first-order chi connectivity index (χ1) is 7.91. The molecule has 6 heteroatoms. The molecule has 0 saturated heterocycles. The molecule has 0 saturated carbocycles. The minimum Gasteiger partial charge on any atom is -0.296 e. The molecule has 0 radical (unpaired) electrons. The topological polar surface area (TPSA) is 42.9 Å². The van der Waals surface area contributed by atoms with Crippen LogP contribution in [-0.2, 0) is 6.18 Å². The number of nitrogens with zero attached hydrogens (tertiary/aromatic N) is 2. The smallest absolute Gasteiger partial charge is 0.296 e. The number of carbonyl (C=O) groups is 1. The standard InChI is InChI=1S/C11H7F3N2O/c1-6-15-9-3-2-7(11(12,13)14)4-8(9)10(5-17)16-6/h2-5H,1H3. The normalized spacial score (nSPS) is 11.8. The quantitative estimate of drug-likeness (QED) is 0.720. The number of hydrogen-bond donors (Lipinski definition) is 0. The summed E-state index contributed by atoms with van der Waals surface area (Å²) in [5, 5.41) is 0.112. The zero-order chi connectivity index (χ0) is 12.6. The van der Waals surface area contributed by atoms with Gasteiger partial charge in [-0.3, -0.25) is 4.79 Å². The molecule has 0 N–H and O–H groups in total. The van der Waals surface area contributed by atoms with Gasteiger partial charge in [0.2, 0.25) is 0 Å². The van der Waals surface area contributed by atoms with Crippen molar-refractivity contribution in [2.24, 2.45) is 0 Å². The second-order valence-electron chi connectivity index (χ2n) is 3.50. The third-order valence-corrected chi connectivity index (χ3v) is 2.28. The van der Waals surface area contributed by atoms with Crippen LogP contribution in [-0.4, -0.2) is 16.3 Å². The lowest BCUT2D eigenvalue weighted by Crippen LogP contribution is -2.05. The molecule has 0 amide bonds. The maximum absolute atomic E-state index is 12.5. The molecule has 0 atom stereocenters. The van der Waals surface area contributed by atoms with Gasteiger partial charge in [-0.1, -0.05) is 0 Å². The number of hydrogen-bond acceptors (Lipinski definition) is 3. The summed E-state index contributed by atoms with van der Waals surface area (Å²) >= 11 is 0. The maximum atomic E-state index is 12.5. The Labute approximate surface area is 94.3 Å². The molecule has 3 nitrogen and oxygen atoms in total. The lowest BCUT2D eigenvalue weighted by molar-refractivity contribution is -0.137. The van der Waals surface area contributed by atoms with E-state index in [0.717, 1.165) is 12.1 Å². The van der Waals surface area contributed by atoms with Crippen LogP contribution in [0.2, 0.25) is 0 Å². The first-order valence-electron chi connectivity index (χ1n) is 4.72. The summed E-state index contributed by atoms with van der Waals surface area (Å²) in [5.41, 5.74) is -0.522. The Bertz CT molecular complexity index is 593. The Morgan fingerprint density at radius 2 is 1.94 bits per heavy atom. The largest absolute Gasteiger partial charge is 0.416 e. The molecule has 1 aromatic carbocycles. The lowest BCUT2D eigenvalue weighted by atomic mass is 10.1. The van der Waals surface area contributed by atoms with Gasteiger partial charge in [-0.25, -0.2) is 9.97 Å². The Balaban J connectivity index is 2.76. The minimum atomic E-state index is -4.45. The summed E-state index contributed by atoms with van der Waals surface area (Å²) in [6.07, 6.45) is -4.02. The highest BCUT2D eigenvalue weighted by Gasteiger charge is 2.30. The molecule has 0 bridgehead atoms. The van der Waals surface area contributed by atoms with E-state index >= 15 is 0 Å². The van der Waals surface area contributed by atoms with Gasteiger partial charge in [0.15, 0.2) is 6.29 Å². The molecule has 0 aliphatic carbocycles. The van der Waals surface area contributed by atoms with Gasteiger partial charge >= 0.3 is 6.18 Å². The first-order valence-corrected chi connectivity index (χ1v) is 4.72. The highest BCUT2D eigenvalue weighted by atomic mass is 19.4. The van der Waals surface area contributed by atoms with E-state index in [4.69, 9.17) is 0 Å². The van der Waals surface area contributed by atoms with Crippen molar-refractivity contribution >= 4 is 17.2 Å². The van der Waals surface area contributed by atoms with Gasteiger partial charge < -0.3 is 0 Å². The molecule has 0 aliphatic heterocycles. The van der Waals surface area contributed by atoms with Crippen LogP contribution in [0.3, 0.4) is 0 Å². The van der Waals surface area contributed by atoms with E-state index < -0.39 is 11.7 Å². The van der Waals surface area contributed by atoms with Gasteiger partial charge in [-0.15, -0.1) is 0 Å². The van der Waals surface area contributed by atoms with Crippen molar-refractivity contribution in [3.63, 3.8) is 0 Å². The summed E-state index contributed by atoms with van der Waals surface area (Å²) in [5.74, 6) is 0.347. The highest BCUT2D eigenvalue weighted by Crippen LogP contribution is 2.31. The summed E-state index contributed by atoms with van der Waals surface area (Å²) in [4.78, 5) is 18.5.